The maximum absolute atomic E-state index is 11.9. The van der Waals surface area contributed by atoms with E-state index in [1.807, 2.05) is 0 Å². The molecule has 0 fully saturated rings. The molecule has 8 nitrogen and oxygen atoms in total. The highest BCUT2D eigenvalue weighted by Crippen LogP contribution is 2.14. The molecule has 2 N–H and O–H groups in total. The Balaban J connectivity index is 2.04. The van der Waals surface area contributed by atoms with E-state index < -0.39 is 16.7 Å². The standard InChI is InChI=1S/C13H11BrN4O4/c1-17-7-9(14)6-11(17)13(20)16-15-12(19)8-3-2-4-10(5-8)18(21)22/h2-7H,1H3,(H,15,19)(H,16,20). The van der Waals surface area contributed by atoms with E-state index in [1.54, 1.807) is 23.9 Å². The number of hydrazine groups is 1. The lowest BCUT2D eigenvalue weighted by Gasteiger charge is -2.07. The molecule has 1 heterocycles. The summed E-state index contributed by atoms with van der Waals surface area (Å²) in [6.07, 6.45) is 1.69. The quantitative estimate of drug-likeness (QED) is 0.637. The van der Waals surface area contributed by atoms with E-state index in [0.29, 0.717) is 5.69 Å². The minimum atomic E-state index is -0.648. The van der Waals surface area contributed by atoms with Crippen molar-refractivity contribution in [2.24, 2.45) is 7.05 Å². The van der Waals surface area contributed by atoms with Crippen LogP contribution in [0.4, 0.5) is 5.69 Å². The largest absolute Gasteiger partial charge is 0.345 e. The molecular formula is C13H11BrN4O4. The van der Waals surface area contributed by atoms with Gasteiger partial charge in [-0.15, -0.1) is 0 Å². The molecule has 2 rings (SSSR count). The van der Waals surface area contributed by atoms with Crippen molar-refractivity contribution in [3.05, 3.63) is 62.4 Å². The van der Waals surface area contributed by atoms with E-state index in [4.69, 9.17) is 0 Å². The highest BCUT2D eigenvalue weighted by Gasteiger charge is 2.14. The van der Waals surface area contributed by atoms with Crippen molar-refractivity contribution in [2.75, 3.05) is 0 Å². The van der Waals surface area contributed by atoms with Crippen molar-refractivity contribution in [2.45, 2.75) is 0 Å². The van der Waals surface area contributed by atoms with Crippen molar-refractivity contribution in [3.8, 4) is 0 Å². The first-order valence-corrected chi connectivity index (χ1v) is 6.85. The molecule has 114 valence electrons. The molecule has 0 aliphatic carbocycles. The van der Waals surface area contributed by atoms with Gasteiger partial charge in [0.2, 0.25) is 0 Å². The summed E-state index contributed by atoms with van der Waals surface area (Å²) in [6, 6.07) is 6.79. The topological polar surface area (TPSA) is 106 Å². The third-order valence-electron chi connectivity index (χ3n) is 2.81. The minimum Gasteiger partial charge on any atom is -0.345 e. The fraction of sp³-hybridized carbons (Fsp3) is 0.0769. The smallest absolute Gasteiger partial charge is 0.286 e. The first-order valence-electron chi connectivity index (χ1n) is 6.05. The molecule has 0 saturated carbocycles. The number of aryl methyl sites for hydroxylation is 1. The Hall–Kier alpha value is -2.68. The molecule has 1 aromatic heterocycles. The van der Waals surface area contributed by atoms with Crippen molar-refractivity contribution in [3.63, 3.8) is 0 Å². The van der Waals surface area contributed by atoms with Crippen LogP contribution in [0.15, 0.2) is 41.0 Å². The highest BCUT2D eigenvalue weighted by molar-refractivity contribution is 9.10. The number of halogens is 1. The number of nitro benzene ring substituents is 1. The fourth-order valence-corrected chi connectivity index (χ4v) is 2.28. The molecule has 22 heavy (non-hydrogen) atoms. The van der Waals surface area contributed by atoms with Gasteiger partial charge in [0.05, 0.1) is 4.92 Å². The van der Waals surface area contributed by atoms with Crippen LogP contribution in [0.1, 0.15) is 20.8 Å². The summed E-state index contributed by atoms with van der Waals surface area (Å²) in [5, 5.41) is 10.7. The number of hydrogen-bond donors (Lipinski definition) is 2. The summed E-state index contributed by atoms with van der Waals surface area (Å²) < 4.78 is 2.31. The van der Waals surface area contributed by atoms with Gasteiger partial charge in [-0.05, 0) is 28.1 Å². The van der Waals surface area contributed by atoms with Gasteiger partial charge in [0.15, 0.2) is 0 Å². The van der Waals surface area contributed by atoms with Gasteiger partial charge in [0, 0.05) is 35.4 Å². The molecular weight excluding hydrogens is 356 g/mol. The number of carbonyl (C=O) groups excluding carboxylic acids is 2. The van der Waals surface area contributed by atoms with Gasteiger partial charge < -0.3 is 4.57 Å². The minimum absolute atomic E-state index is 0.0718. The number of nitrogens with zero attached hydrogens (tertiary/aromatic N) is 2. The van der Waals surface area contributed by atoms with E-state index in [-0.39, 0.29) is 11.3 Å². The summed E-state index contributed by atoms with van der Waals surface area (Å²) in [5.74, 6) is -1.16. The number of carbonyl (C=O) groups is 2. The summed E-state index contributed by atoms with van der Waals surface area (Å²) in [6.45, 7) is 0. The Bertz CT molecular complexity index is 756. The molecule has 0 aliphatic rings. The van der Waals surface area contributed by atoms with Gasteiger partial charge in [-0.2, -0.15) is 0 Å². The van der Waals surface area contributed by atoms with Crippen LogP contribution in [0.3, 0.4) is 0 Å². The SMILES string of the molecule is Cn1cc(Br)cc1C(=O)NNC(=O)c1cccc([N+](=O)[O-])c1. The lowest BCUT2D eigenvalue weighted by atomic mass is 10.2. The molecule has 1 aromatic carbocycles. The van der Waals surface area contributed by atoms with Gasteiger partial charge in [0.1, 0.15) is 5.69 Å². The zero-order valence-electron chi connectivity index (χ0n) is 11.4. The van der Waals surface area contributed by atoms with Crippen LogP contribution in [-0.2, 0) is 7.05 Å². The summed E-state index contributed by atoms with van der Waals surface area (Å²) >= 11 is 3.24. The van der Waals surface area contributed by atoms with Gasteiger partial charge in [-0.25, -0.2) is 0 Å². The number of rotatable bonds is 3. The Morgan fingerprint density at radius 2 is 1.91 bits per heavy atom. The maximum Gasteiger partial charge on any atom is 0.286 e. The molecule has 2 aromatic rings. The number of benzene rings is 1. The molecule has 0 atom stereocenters. The molecule has 0 spiro atoms. The third-order valence-corrected chi connectivity index (χ3v) is 3.25. The van der Waals surface area contributed by atoms with Crippen LogP contribution in [0, 0.1) is 10.1 Å². The molecule has 2 amide bonds. The average molecular weight is 367 g/mol. The number of aromatic nitrogens is 1. The Kier molecular flexibility index (Phi) is 4.56. The van der Waals surface area contributed by atoms with E-state index >= 15 is 0 Å². The van der Waals surface area contributed by atoms with Crippen LogP contribution in [0.25, 0.3) is 0 Å². The predicted molar refractivity (Wildman–Crippen MR) is 81.1 cm³/mol. The molecule has 0 saturated heterocycles. The number of non-ortho nitro benzene ring substituents is 1. The van der Waals surface area contributed by atoms with Crippen LogP contribution in [0.5, 0.6) is 0 Å². The number of nitrogens with one attached hydrogen (secondary N) is 2. The fourth-order valence-electron chi connectivity index (χ4n) is 1.76. The van der Waals surface area contributed by atoms with Crippen LogP contribution in [-0.4, -0.2) is 21.3 Å². The van der Waals surface area contributed by atoms with Crippen LogP contribution in [0.2, 0.25) is 0 Å². The molecule has 0 radical (unpaired) electrons. The molecule has 9 heteroatoms. The first kappa shape index (κ1) is 15.7. The lowest BCUT2D eigenvalue weighted by Crippen LogP contribution is -2.42. The Labute approximate surface area is 133 Å². The van der Waals surface area contributed by atoms with Crippen molar-refractivity contribution < 1.29 is 14.5 Å². The van der Waals surface area contributed by atoms with Crippen LogP contribution < -0.4 is 10.9 Å². The summed E-state index contributed by atoms with van der Waals surface area (Å²) in [5.41, 5.74) is 4.67. The van der Waals surface area contributed by atoms with Gasteiger partial charge >= 0.3 is 0 Å². The number of hydrogen-bond acceptors (Lipinski definition) is 4. The highest BCUT2D eigenvalue weighted by atomic mass is 79.9. The van der Waals surface area contributed by atoms with Crippen molar-refractivity contribution in [1.82, 2.24) is 15.4 Å². The second-order valence-electron chi connectivity index (χ2n) is 4.37. The van der Waals surface area contributed by atoms with Crippen molar-refractivity contribution >= 4 is 33.4 Å². The zero-order valence-corrected chi connectivity index (χ0v) is 13.0. The first-order chi connectivity index (χ1) is 10.4. The number of amides is 2. The lowest BCUT2D eigenvalue weighted by molar-refractivity contribution is -0.384. The summed E-state index contributed by atoms with van der Waals surface area (Å²) in [7, 11) is 1.68. The predicted octanol–water partition coefficient (Wildman–Crippen LogP) is 1.77. The van der Waals surface area contributed by atoms with Crippen molar-refractivity contribution in [1.29, 1.82) is 0 Å². The van der Waals surface area contributed by atoms with E-state index in [0.717, 1.165) is 10.5 Å². The zero-order chi connectivity index (χ0) is 16.3. The second-order valence-corrected chi connectivity index (χ2v) is 5.29. The average Bonchev–Trinajstić information content (AvgIpc) is 2.83. The van der Waals surface area contributed by atoms with E-state index in [1.165, 1.54) is 18.2 Å². The molecule has 0 unspecified atom stereocenters. The normalized spacial score (nSPS) is 10.1. The Morgan fingerprint density at radius 3 is 2.50 bits per heavy atom. The second kappa shape index (κ2) is 6.39. The van der Waals surface area contributed by atoms with E-state index in [2.05, 4.69) is 26.8 Å². The molecule has 0 aliphatic heterocycles. The number of nitro groups is 1. The summed E-state index contributed by atoms with van der Waals surface area (Å²) in [4.78, 5) is 33.9. The molecule has 0 bridgehead atoms. The van der Waals surface area contributed by atoms with Gasteiger partial charge in [-0.3, -0.25) is 30.6 Å². The Morgan fingerprint density at radius 1 is 1.23 bits per heavy atom. The maximum atomic E-state index is 11.9. The van der Waals surface area contributed by atoms with Gasteiger partial charge in [0.25, 0.3) is 17.5 Å². The third kappa shape index (κ3) is 3.50. The monoisotopic (exact) mass is 366 g/mol. The van der Waals surface area contributed by atoms with Gasteiger partial charge in [-0.1, -0.05) is 6.07 Å². The van der Waals surface area contributed by atoms with Crippen LogP contribution >= 0.6 is 15.9 Å². The van der Waals surface area contributed by atoms with E-state index in [9.17, 15) is 19.7 Å².